The summed E-state index contributed by atoms with van der Waals surface area (Å²) in [5.74, 6) is 1.13. The van der Waals surface area contributed by atoms with Crippen molar-refractivity contribution in [2.24, 2.45) is 0 Å². The standard InChI is InChI=1S/C21H29N5O4/c1-29-17-11-16(12-18(13-17)30-2)15-25-10-7-23-21(28)19(25)14-20(27)22-5-3-8-26-9-4-6-24-26/h4,6,9,11-13,19H,3,5,7-8,10,14-15H2,1-2H3,(H,22,27)(H,23,28)/t19-/m0/s1. The van der Waals surface area contributed by atoms with E-state index in [0.29, 0.717) is 37.7 Å². The second kappa shape index (κ2) is 10.6. The molecule has 1 aliphatic heterocycles. The number of piperazine rings is 1. The third-order valence-electron chi connectivity index (χ3n) is 5.06. The molecule has 0 aliphatic carbocycles. The van der Waals surface area contributed by atoms with Crippen LogP contribution in [-0.4, -0.2) is 66.4 Å². The van der Waals surface area contributed by atoms with E-state index in [9.17, 15) is 9.59 Å². The van der Waals surface area contributed by atoms with Gasteiger partial charge in [-0.1, -0.05) is 0 Å². The highest BCUT2D eigenvalue weighted by Crippen LogP contribution is 2.24. The van der Waals surface area contributed by atoms with Crippen molar-refractivity contribution < 1.29 is 19.1 Å². The van der Waals surface area contributed by atoms with Gasteiger partial charge in [-0.15, -0.1) is 0 Å². The second-order valence-electron chi connectivity index (χ2n) is 7.17. The van der Waals surface area contributed by atoms with Gasteiger partial charge in [0.25, 0.3) is 0 Å². The lowest BCUT2D eigenvalue weighted by atomic mass is 10.1. The molecule has 1 aromatic carbocycles. The van der Waals surface area contributed by atoms with Gasteiger partial charge in [-0.25, -0.2) is 0 Å². The first-order chi connectivity index (χ1) is 14.6. The topological polar surface area (TPSA) is 97.7 Å². The van der Waals surface area contributed by atoms with E-state index in [-0.39, 0.29) is 18.2 Å². The Kier molecular flexibility index (Phi) is 7.67. The minimum Gasteiger partial charge on any atom is -0.497 e. The van der Waals surface area contributed by atoms with E-state index in [2.05, 4.69) is 15.7 Å². The zero-order valence-corrected chi connectivity index (χ0v) is 17.5. The van der Waals surface area contributed by atoms with E-state index in [1.165, 1.54) is 0 Å². The lowest BCUT2D eigenvalue weighted by Gasteiger charge is -2.34. The van der Waals surface area contributed by atoms with Gasteiger partial charge >= 0.3 is 0 Å². The van der Waals surface area contributed by atoms with Gasteiger partial charge < -0.3 is 20.1 Å². The van der Waals surface area contributed by atoms with Crippen molar-refractivity contribution in [3.05, 3.63) is 42.2 Å². The number of rotatable bonds is 10. The maximum Gasteiger partial charge on any atom is 0.237 e. The average Bonchev–Trinajstić information content (AvgIpc) is 3.27. The van der Waals surface area contributed by atoms with Crippen molar-refractivity contribution in [1.29, 1.82) is 0 Å². The highest BCUT2D eigenvalue weighted by atomic mass is 16.5. The molecule has 9 nitrogen and oxygen atoms in total. The maximum atomic E-state index is 12.5. The Balaban J connectivity index is 1.56. The Morgan fingerprint density at radius 3 is 2.70 bits per heavy atom. The summed E-state index contributed by atoms with van der Waals surface area (Å²) in [5.41, 5.74) is 0.963. The zero-order chi connectivity index (χ0) is 21.3. The van der Waals surface area contributed by atoms with Gasteiger partial charge in [0.05, 0.1) is 26.7 Å². The molecule has 2 amide bonds. The molecule has 30 heavy (non-hydrogen) atoms. The Morgan fingerprint density at radius 1 is 1.27 bits per heavy atom. The van der Waals surface area contributed by atoms with E-state index in [0.717, 1.165) is 18.5 Å². The Bertz CT molecular complexity index is 818. The fourth-order valence-electron chi connectivity index (χ4n) is 3.51. The molecular weight excluding hydrogens is 386 g/mol. The summed E-state index contributed by atoms with van der Waals surface area (Å²) < 4.78 is 12.5. The maximum absolute atomic E-state index is 12.5. The number of hydrogen-bond donors (Lipinski definition) is 2. The van der Waals surface area contributed by atoms with E-state index in [1.807, 2.05) is 34.0 Å². The molecule has 3 rings (SSSR count). The minimum atomic E-state index is -0.512. The molecule has 0 bridgehead atoms. The Labute approximate surface area is 176 Å². The number of carbonyl (C=O) groups excluding carboxylic acids is 2. The number of aromatic nitrogens is 2. The predicted octanol–water partition coefficient (Wildman–Crippen LogP) is 0.797. The minimum absolute atomic E-state index is 0.120. The van der Waals surface area contributed by atoms with Crippen LogP contribution in [0.5, 0.6) is 11.5 Å². The quantitative estimate of drug-likeness (QED) is 0.557. The van der Waals surface area contributed by atoms with E-state index < -0.39 is 6.04 Å². The van der Waals surface area contributed by atoms with Crippen molar-refractivity contribution in [3.63, 3.8) is 0 Å². The SMILES string of the molecule is COc1cc(CN2CCNC(=O)[C@@H]2CC(=O)NCCCn2cccn2)cc(OC)c1. The van der Waals surface area contributed by atoms with Gasteiger partial charge in [0.15, 0.2) is 0 Å². The number of hydrogen-bond acceptors (Lipinski definition) is 6. The largest absolute Gasteiger partial charge is 0.497 e. The van der Waals surface area contributed by atoms with Crippen LogP contribution in [0.2, 0.25) is 0 Å². The van der Waals surface area contributed by atoms with Crippen LogP contribution in [0.3, 0.4) is 0 Å². The number of methoxy groups -OCH3 is 2. The van der Waals surface area contributed by atoms with Gasteiger partial charge in [0.2, 0.25) is 11.8 Å². The van der Waals surface area contributed by atoms with Crippen LogP contribution in [0.1, 0.15) is 18.4 Å². The molecule has 1 fully saturated rings. The van der Waals surface area contributed by atoms with Gasteiger partial charge in [-0.3, -0.25) is 19.2 Å². The molecule has 0 unspecified atom stereocenters. The first-order valence-corrected chi connectivity index (χ1v) is 10.1. The summed E-state index contributed by atoms with van der Waals surface area (Å²) in [6.45, 7) is 3.03. The van der Waals surface area contributed by atoms with Gasteiger partial charge in [-0.2, -0.15) is 5.10 Å². The van der Waals surface area contributed by atoms with E-state index in [4.69, 9.17) is 9.47 Å². The molecule has 2 N–H and O–H groups in total. The molecule has 1 aromatic heterocycles. The van der Waals surface area contributed by atoms with Gasteiger partial charge in [0, 0.05) is 51.2 Å². The summed E-state index contributed by atoms with van der Waals surface area (Å²) in [6, 6.07) is 7.00. The van der Waals surface area contributed by atoms with Crippen LogP contribution in [0.4, 0.5) is 0 Å². The summed E-state index contributed by atoms with van der Waals surface area (Å²) in [7, 11) is 3.21. The molecule has 2 aromatic rings. The van der Waals surface area contributed by atoms with Crippen molar-refractivity contribution in [1.82, 2.24) is 25.3 Å². The number of aryl methyl sites for hydroxylation is 1. The zero-order valence-electron chi connectivity index (χ0n) is 17.5. The first kappa shape index (κ1) is 21.6. The molecule has 0 saturated carbocycles. The molecule has 2 heterocycles. The molecule has 1 aliphatic rings. The van der Waals surface area contributed by atoms with Crippen LogP contribution in [0.15, 0.2) is 36.7 Å². The van der Waals surface area contributed by atoms with E-state index >= 15 is 0 Å². The molecule has 9 heteroatoms. The summed E-state index contributed by atoms with van der Waals surface area (Å²) in [6.07, 6.45) is 4.51. The summed E-state index contributed by atoms with van der Waals surface area (Å²) in [5, 5.41) is 9.91. The van der Waals surface area contributed by atoms with Crippen LogP contribution < -0.4 is 20.1 Å². The van der Waals surface area contributed by atoms with Gasteiger partial charge in [-0.05, 0) is 30.2 Å². The van der Waals surface area contributed by atoms with Crippen LogP contribution in [0, 0.1) is 0 Å². The van der Waals surface area contributed by atoms with Crippen molar-refractivity contribution in [2.45, 2.75) is 32.0 Å². The molecule has 162 valence electrons. The molecule has 1 saturated heterocycles. The van der Waals surface area contributed by atoms with Crippen molar-refractivity contribution in [3.8, 4) is 11.5 Å². The molecule has 1 atom stereocenters. The fourth-order valence-corrected chi connectivity index (χ4v) is 3.51. The summed E-state index contributed by atoms with van der Waals surface area (Å²) >= 11 is 0. The number of benzene rings is 1. The number of amides is 2. The first-order valence-electron chi connectivity index (χ1n) is 10.1. The number of nitrogens with one attached hydrogen (secondary N) is 2. The van der Waals surface area contributed by atoms with Crippen LogP contribution in [-0.2, 0) is 22.7 Å². The third-order valence-corrected chi connectivity index (χ3v) is 5.06. The van der Waals surface area contributed by atoms with Crippen molar-refractivity contribution >= 4 is 11.8 Å². The average molecular weight is 415 g/mol. The molecule has 0 spiro atoms. The molecular formula is C21H29N5O4. The lowest BCUT2D eigenvalue weighted by molar-refractivity contribution is -0.134. The monoisotopic (exact) mass is 415 g/mol. The van der Waals surface area contributed by atoms with Gasteiger partial charge in [0.1, 0.15) is 11.5 Å². The van der Waals surface area contributed by atoms with Crippen LogP contribution in [0.25, 0.3) is 0 Å². The van der Waals surface area contributed by atoms with Crippen molar-refractivity contribution in [2.75, 3.05) is 33.9 Å². The lowest BCUT2D eigenvalue weighted by Crippen LogP contribution is -2.56. The Hall–Kier alpha value is -3.07. The highest BCUT2D eigenvalue weighted by Gasteiger charge is 2.31. The molecule has 0 radical (unpaired) electrons. The smallest absolute Gasteiger partial charge is 0.237 e. The summed E-state index contributed by atoms with van der Waals surface area (Å²) in [4.78, 5) is 26.9. The van der Waals surface area contributed by atoms with Crippen LogP contribution >= 0.6 is 0 Å². The number of ether oxygens (including phenoxy) is 2. The van der Waals surface area contributed by atoms with E-state index in [1.54, 1.807) is 26.5 Å². The Morgan fingerprint density at radius 2 is 2.03 bits per heavy atom. The fraction of sp³-hybridized carbons (Fsp3) is 0.476. The number of nitrogens with zero attached hydrogens (tertiary/aromatic N) is 3. The second-order valence-corrected chi connectivity index (χ2v) is 7.17. The highest BCUT2D eigenvalue weighted by molar-refractivity contribution is 5.88. The third kappa shape index (κ3) is 5.96. The predicted molar refractivity (Wildman–Crippen MR) is 111 cm³/mol. The number of carbonyl (C=O) groups is 2. The normalized spacial score (nSPS) is 16.7.